The normalized spacial score (nSPS) is 12.9. The minimum atomic E-state index is 0.0420. The molecule has 0 aliphatic rings. The number of nitrogens with one attached hydrogen (secondary N) is 2. The summed E-state index contributed by atoms with van der Waals surface area (Å²) >= 11 is 1.81. The maximum Gasteiger partial charge on any atom is 0.133 e. The van der Waals surface area contributed by atoms with Gasteiger partial charge in [0.1, 0.15) is 11.5 Å². The van der Waals surface area contributed by atoms with Crippen molar-refractivity contribution in [3.05, 3.63) is 47.5 Å². The minimum Gasteiger partial charge on any atom is -0.492 e. The lowest BCUT2D eigenvalue weighted by molar-refractivity contribution is 0.281. The number of unbranched alkanes of at least 4 members (excludes halogenated alkanes) is 2. The van der Waals surface area contributed by atoms with Crippen LogP contribution >= 0.6 is 11.8 Å². The predicted octanol–water partition coefficient (Wildman–Crippen LogP) is 10.8. The lowest BCUT2D eigenvalue weighted by Crippen LogP contribution is -2.25. The molecule has 0 aliphatic carbocycles. The molecule has 256 valence electrons. The van der Waals surface area contributed by atoms with Crippen LogP contribution < -0.4 is 20.1 Å². The van der Waals surface area contributed by atoms with Crippen molar-refractivity contribution in [2.24, 2.45) is 10.8 Å². The molecule has 2 N–H and O–H groups in total. The van der Waals surface area contributed by atoms with Gasteiger partial charge in [0.2, 0.25) is 0 Å². The summed E-state index contributed by atoms with van der Waals surface area (Å²) in [6, 6.07) is 13.8. The zero-order valence-corrected chi connectivity index (χ0v) is 32.0. The van der Waals surface area contributed by atoms with Crippen molar-refractivity contribution in [3.63, 3.8) is 0 Å². The highest BCUT2D eigenvalue weighted by atomic mass is 32.2. The highest BCUT2D eigenvalue weighted by molar-refractivity contribution is 7.99. The Morgan fingerprint density at radius 1 is 0.556 bits per heavy atom. The van der Waals surface area contributed by atoms with E-state index < -0.39 is 0 Å². The second-order valence-corrected chi connectivity index (χ2v) is 17.6. The zero-order chi connectivity index (χ0) is 33.7. The van der Waals surface area contributed by atoms with Crippen LogP contribution in [0.2, 0.25) is 0 Å². The van der Waals surface area contributed by atoms with Crippen LogP contribution in [0.1, 0.15) is 133 Å². The fourth-order valence-corrected chi connectivity index (χ4v) is 7.72. The standard InChI is InChI=1S/C40H68N2O2S/c1-13-41-23-15-17-25-43-33-21-19-31(39(9,10)29-37(3,4)5)27-35(33)45-36-28-32(40(11,12)30-38(6,7)8)20-22-34(36)44-26-18-16-24-42-14-2/h19-22,27-28,41-42H,13-18,23-26,29-30H2,1-12H3. The Hall–Kier alpha value is -1.69. The summed E-state index contributed by atoms with van der Waals surface area (Å²) in [5.74, 6) is 1.93. The molecule has 0 saturated carbocycles. The van der Waals surface area contributed by atoms with Crippen LogP contribution in [0.3, 0.4) is 0 Å². The van der Waals surface area contributed by atoms with Gasteiger partial charge in [-0.25, -0.2) is 0 Å². The smallest absolute Gasteiger partial charge is 0.133 e. The Bertz CT molecular complexity index is 1050. The van der Waals surface area contributed by atoms with Crippen molar-refractivity contribution in [2.75, 3.05) is 39.4 Å². The van der Waals surface area contributed by atoms with Gasteiger partial charge >= 0.3 is 0 Å². The molecular formula is C40H68N2O2S. The molecule has 2 rings (SSSR count). The molecule has 0 radical (unpaired) electrons. The number of hydrogen-bond donors (Lipinski definition) is 2. The molecule has 0 bridgehead atoms. The first-order valence-corrected chi connectivity index (χ1v) is 18.4. The topological polar surface area (TPSA) is 42.5 Å². The molecule has 0 atom stereocenters. The quantitative estimate of drug-likeness (QED) is 0.141. The number of ether oxygens (including phenoxy) is 2. The van der Waals surface area contributed by atoms with Crippen molar-refractivity contribution < 1.29 is 9.47 Å². The predicted molar refractivity (Wildman–Crippen MR) is 198 cm³/mol. The molecule has 0 amide bonds. The third-order valence-electron chi connectivity index (χ3n) is 8.13. The van der Waals surface area contributed by atoms with Gasteiger partial charge < -0.3 is 20.1 Å². The Labute approximate surface area is 282 Å². The molecule has 0 spiro atoms. The monoisotopic (exact) mass is 641 g/mol. The van der Waals surface area contributed by atoms with Crippen LogP contribution in [0, 0.1) is 10.8 Å². The fraction of sp³-hybridized carbons (Fsp3) is 0.700. The molecule has 0 heterocycles. The van der Waals surface area contributed by atoms with Crippen LogP contribution in [-0.2, 0) is 10.8 Å². The molecule has 0 aliphatic heterocycles. The molecule has 0 saturated heterocycles. The van der Waals surface area contributed by atoms with Crippen molar-refractivity contribution >= 4 is 11.8 Å². The average molecular weight is 641 g/mol. The number of benzene rings is 2. The van der Waals surface area contributed by atoms with Gasteiger partial charge in [0, 0.05) is 0 Å². The maximum atomic E-state index is 6.50. The van der Waals surface area contributed by atoms with Gasteiger partial charge in [0.25, 0.3) is 0 Å². The van der Waals surface area contributed by atoms with Crippen molar-refractivity contribution in [1.29, 1.82) is 0 Å². The lowest BCUT2D eigenvalue weighted by Gasteiger charge is -2.34. The van der Waals surface area contributed by atoms with Crippen molar-refractivity contribution in [3.8, 4) is 11.5 Å². The minimum absolute atomic E-state index is 0.0420. The Morgan fingerprint density at radius 3 is 1.27 bits per heavy atom. The summed E-state index contributed by atoms with van der Waals surface area (Å²) in [5, 5.41) is 6.85. The highest BCUT2D eigenvalue weighted by Crippen LogP contribution is 2.46. The summed E-state index contributed by atoms with van der Waals surface area (Å²) in [6.45, 7) is 33.4. The van der Waals surface area contributed by atoms with E-state index >= 15 is 0 Å². The first kappa shape index (κ1) is 39.5. The second-order valence-electron chi connectivity index (χ2n) is 16.5. The fourth-order valence-electron chi connectivity index (χ4n) is 6.65. The zero-order valence-electron chi connectivity index (χ0n) is 31.2. The van der Waals surface area contributed by atoms with Gasteiger partial charge in [-0.3, -0.25) is 0 Å². The molecular weight excluding hydrogens is 573 g/mol. The average Bonchev–Trinajstić information content (AvgIpc) is 2.91. The first-order valence-electron chi connectivity index (χ1n) is 17.6. The maximum absolute atomic E-state index is 6.50. The summed E-state index contributed by atoms with van der Waals surface area (Å²) in [5.41, 5.74) is 3.27. The number of hydrogen-bond acceptors (Lipinski definition) is 5. The second kappa shape index (κ2) is 18.0. The molecule has 0 unspecified atom stereocenters. The highest BCUT2D eigenvalue weighted by Gasteiger charge is 2.30. The Morgan fingerprint density at radius 2 is 0.933 bits per heavy atom. The lowest BCUT2D eigenvalue weighted by atomic mass is 9.72. The van der Waals surface area contributed by atoms with E-state index in [1.807, 2.05) is 0 Å². The van der Waals surface area contributed by atoms with E-state index in [0.29, 0.717) is 0 Å². The molecule has 45 heavy (non-hydrogen) atoms. The van der Waals surface area contributed by atoms with E-state index in [1.54, 1.807) is 11.8 Å². The molecule has 2 aromatic rings. The third-order valence-corrected chi connectivity index (χ3v) is 9.20. The van der Waals surface area contributed by atoms with Crippen molar-refractivity contribution in [2.45, 2.75) is 142 Å². The van der Waals surface area contributed by atoms with Crippen LogP contribution in [0.5, 0.6) is 11.5 Å². The van der Waals surface area contributed by atoms with E-state index in [1.165, 1.54) is 20.9 Å². The van der Waals surface area contributed by atoms with Gasteiger partial charge in [0.05, 0.1) is 23.0 Å². The van der Waals surface area contributed by atoms with E-state index in [9.17, 15) is 0 Å². The van der Waals surface area contributed by atoms with Gasteiger partial charge in [0.15, 0.2) is 0 Å². The van der Waals surface area contributed by atoms with Gasteiger partial charge in [-0.05, 0) is 122 Å². The molecule has 0 fully saturated rings. The summed E-state index contributed by atoms with van der Waals surface area (Å²) in [6.07, 6.45) is 6.50. The SMILES string of the molecule is CCNCCCCOc1ccc(C(C)(C)CC(C)(C)C)cc1Sc1cc(C(C)(C)CC(C)(C)C)ccc1OCCCCNCC. The molecule has 5 heteroatoms. The summed E-state index contributed by atoms with van der Waals surface area (Å²) in [4.78, 5) is 2.34. The summed E-state index contributed by atoms with van der Waals surface area (Å²) < 4.78 is 13.0. The molecule has 2 aromatic carbocycles. The molecule has 4 nitrogen and oxygen atoms in total. The van der Waals surface area contributed by atoms with Gasteiger partial charge in [-0.1, -0.05) is 107 Å². The van der Waals surface area contributed by atoms with E-state index in [2.05, 4.69) is 130 Å². The van der Waals surface area contributed by atoms with Gasteiger partial charge in [-0.2, -0.15) is 0 Å². The van der Waals surface area contributed by atoms with Crippen LogP contribution in [0.15, 0.2) is 46.2 Å². The van der Waals surface area contributed by atoms with Crippen LogP contribution in [-0.4, -0.2) is 39.4 Å². The van der Waals surface area contributed by atoms with E-state index in [0.717, 1.165) is 89.4 Å². The van der Waals surface area contributed by atoms with Crippen molar-refractivity contribution in [1.82, 2.24) is 10.6 Å². The Kier molecular flexibility index (Phi) is 15.8. The largest absolute Gasteiger partial charge is 0.492 e. The Balaban J connectivity index is 2.50. The van der Waals surface area contributed by atoms with Gasteiger partial charge in [-0.15, -0.1) is 0 Å². The van der Waals surface area contributed by atoms with E-state index in [-0.39, 0.29) is 21.7 Å². The van der Waals surface area contributed by atoms with Crippen LogP contribution in [0.25, 0.3) is 0 Å². The van der Waals surface area contributed by atoms with E-state index in [4.69, 9.17) is 9.47 Å². The first-order chi connectivity index (χ1) is 21.0. The van der Waals surface area contributed by atoms with Crippen LogP contribution in [0.4, 0.5) is 0 Å². The summed E-state index contributed by atoms with van der Waals surface area (Å²) in [7, 11) is 0. The molecule has 0 aromatic heterocycles. The number of rotatable bonds is 20. The third kappa shape index (κ3) is 14.7.